The summed E-state index contributed by atoms with van der Waals surface area (Å²) < 4.78 is 0. The van der Waals surface area contributed by atoms with Crippen LogP contribution in [0.25, 0.3) is 0 Å². The van der Waals surface area contributed by atoms with E-state index in [0.29, 0.717) is 12.1 Å². The minimum atomic E-state index is -0.624. The van der Waals surface area contributed by atoms with Gasteiger partial charge in [0.05, 0.1) is 0 Å². The monoisotopic (exact) mass is 266 g/mol. The zero-order valence-electron chi connectivity index (χ0n) is 11.7. The molecule has 0 radical (unpaired) electrons. The van der Waals surface area contributed by atoms with Gasteiger partial charge in [-0.15, -0.1) is 0 Å². The number of nitrogens with two attached hydrogens (primary N) is 1. The predicted octanol–water partition coefficient (Wildman–Crippen LogP) is 2.56. The van der Waals surface area contributed by atoms with Gasteiger partial charge in [-0.25, -0.2) is 4.79 Å². The van der Waals surface area contributed by atoms with Crippen LogP contribution in [0.15, 0.2) is 0 Å². The normalized spacial score (nSPS) is 21.9. The van der Waals surface area contributed by atoms with Gasteiger partial charge in [0, 0.05) is 12.1 Å². The topological polar surface area (TPSA) is 82.2 Å². The van der Waals surface area contributed by atoms with Crippen LogP contribution in [0.3, 0.4) is 0 Å². The third kappa shape index (κ3) is 3.85. The molecule has 2 fully saturated rings. The van der Waals surface area contributed by atoms with Gasteiger partial charge in [-0.05, 0) is 25.7 Å². The maximum atomic E-state index is 11.0. The number of amides is 2. The molecule has 0 unspecified atom stereocenters. The highest BCUT2D eigenvalue weighted by Gasteiger charge is 2.31. The van der Waals surface area contributed by atoms with Gasteiger partial charge in [-0.1, -0.05) is 38.5 Å². The van der Waals surface area contributed by atoms with Crippen LogP contribution in [0.2, 0.25) is 0 Å². The van der Waals surface area contributed by atoms with Gasteiger partial charge >= 0.3 is 6.03 Å². The van der Waals surface area contributed by atoms with Crippen molar-refractivity contribution in [2.75, 3.05) is 0 Å². The number of rotatable bonds is 2. The van der Waals surface area contributed by atoms with Crippen LogP contribution >= 0.6 is 0 Å². The number of nitrogens with one attached hydrogen (secondary N) is 2. The highest BCUT2D eigenvalue weighted by Crippen LogP contribution is 2.29. The van der Waals surface area contributed by atoms with Crippen LogP contribution in [0, 0.1) is 5.41 Å². The SMILES string of the molecule is N=C(NC(N)=O)N(C1CCCCC1)C1CCCCC1. The summed E-state index contributed by atoms with van der Waals surface area (Å²) in [7, 11) is 0. The standard InChI is InChI=1S/C14H26N4O/c15-13(17-14(16)19)18(11-7-3-1-4-8-11)12-9-5-2-6-10-12/h11-12H,1-10H2,(H4,15,16,17,19). The van der Waals surface area contributed by atoms with Crippen molar-refractivity contribution in [3.05, 3.63) is 0 Å². The van der Waals surface area contributed by atoms with E-state index >= 15 is 0 Å². The molecular weight excluding hydrogens is 240 g/mol. The summed E-state index contributed by atoms with van der Waals surface area (Å²) in [4.78, 5) is 13.2. The van der Waals surface area contributed by atoms with Crippen LogP contribution in [0.4, 0.5) is 4.79 Å². The fourth-order valence-electron chi connectivity index (χ4n) is 3.56. The van der Waals surface area contributed by atoms with Crippen LogP contribution < -0.4 is 11.1 Å². The highest BCUT2D eigenvalue weighted by atomic mass is 16.2. The Hall–Kier alpha value is -1.26. The molecule has 5 heteroatoms. The number of hydrogen-bond donors (Lipinski definition) is 3. The summed E-state index contributed by atoms with van der Waals surface area (Å²) in [6.45, 7) is 0. The lowest BCUT2D eigenvalue weighted by Gasteiger charge is -2.42. The second-order valence-corrected chi connectivity index (χ2v) is 5.83. The maximum absolute atomic E-state index is 11.0. The van der Waals surface area contributed by atoms with Crippen molar-refractivity contribution in [1.29, 1.82) is 5.41 Å². The van der Waals surface area contributed by atoms with E-state index in [1.54, 1.807) is 0 Å². The molecule has 0 aliphatic heterocycles. The molecule has 2 saturated carbocycles. The lowest BCUT2D eigenvalue weighted by Crippen LogP contribution is -2.55. The Morgan fingerprint density at radius 2 is 1.37 bits per heavy atom. The number of carbonyl (C=O) groups is 1. The molecule has 0 aromatic heterocycles. The van der Waals surface area contributed by atoms with E-state index in [0.717, 1.165) is 25.7 Å². The average Bonchev–Trinajstić information content (AvgIpc) is 2.40. The summed E-state index contributed by atoms with van der Waals surface area (Å²) >= 11 is 0. The van der Waals surface area contributed by atoms with Gasteiger partial charge in [-0.2, -0.15) is 0 Å². The molecule has 0 atom stereocenters. The fourth-order valence-corrected chi connectivity index (χ4v) is 3.56. The molecule has 0 heterocycles. The Bertz CT molecular complexity index is 301. The van der Waals surface area contributed by atoms with Crippen LogP contribution in [-0.4, -0.2) is 29.0 Å². The minimum absolute atomic E-state index is 0.214. The second-order valence-electron chi connectivity index (χ2n) is 5.83. The lowest BCUT2D eigenvalue weighted by atomic mass is 9.89. The first-order valence-corrected chi connectivity index (χ1v) is 7.62. The average molecular weight is 266 g/mol. The maximum Gasteiger partial charge on any atom is 0.318 e. The largest absolute Gasteiger partial charge is 0.351 e. The van der Waals surface area contributed by atoms with Gasteiger partial charge in [0.1, 0.15) is 0 Å². The number of hydrogen-bond acceptors (Lipinski definition) is 2. The quantitative estimate of drug-likeness (QED) is 0.530. The molecule has 0 aromatic carbocycles. The Morgan fingerprint density at radius 1 is 0.947 bits per heavy atom. The van der Waals surface area contributed by atoms with Gasteiger partial charge in [0.15, 0.2) is 5.96 Å². The van der Waals surface area contributed by atoms with Gasteiger partial charge in [0.25, 0.3) is 0 Å². The van der Waals surface area contributed by atoms with Crippen LogP contribution in [-0.2, 0) is 0 Å². The van der Waals surface area contributed by atoms with E-state index < -0.39 is 6.03 Å². The van der Waals surface area contributed by atoms with Crippen molar-refractivity contribution in [3.63, 3.8) is 0 Å². The number of carbonyl (C=O) groups excluding carboxylic acids is 1. The molecule has 2 aliphatic rings. The number of nitrogens with zero attached hydrogens (tertiary/aromatic N) is 1. The summed E-state index contributed by atoms with van der Waals surface area (Å²) in [5.74, 6) is 0.214. The fraction of sp³-hybridized carbons (Fsp3) is 0.857. The molecule has 108 valence electrons. The number of primary amides is 1. The van der Waals surface area contributed by atoms with Crippen molar-refractivity contribution in [2.45, 2.75) is 76.3 Å². The molecule has 2 amide bonds. The summed E-state index contributed by atoms with van der Waals surface area (Å²) in [6.07, 6.45) is 12.1. The van der Waals surface area contributed by atoms with E-state index in [-0.39, 0.29) is 5.96 Å². The Kier molecular flexibility index (Phi) is 5.05. The summed E-state index contributed by atoms with van der Waals surface area (Å²) in [6, 6.07) is 0.203. The minimum Gasteiger partial charge on any atom is -0.351 e. The first-order chi connectivity index (χ1) is 9.18. The molecule has 19 heavy (non-hydrogen) atoms. The Labute approximate surface area is 115 Å². The molecule has 0 spiro atoms. The summed E-state index contributed by atoms with van der Waals surface area (Å²) in [5, 5.41) is 10.6. The Balaban J connectivity index is 2.06. The van der Waals surface area contributed by atoms with Gasteiger partial charge in [-0.3, -0.25) is 10.7 Å². The van der Waals surface area contributed by atoms with E-state index in [9.17, 15) is 4.79 Å². The first kappa shape index (κ1) is 14.2. The number of urea groups is 1. The third-order valence-corrected chi connectivity index (χ3v) is 4.44. The van der Waals surface area contributed by atoms with Crippen molar-refractivity contribution in [1.82, 2.24) is 10.2 Å². The molecule has 2 rings (SSSR count). The molecule has 0 saturated heterocycles. The first-order valence-electron chi connectivity index (χ1n) is 7.62. The number of guanidine groups is 1. The van der Waals surface area contributed by atoms with Gasteiger partial charge < -0.3 is 10.6 Å². The zero-order valence-corrected chi connectivity index (χ0v) is 11.7. The van der Waals surface area contributed by atoms with E-state index in [1.807, 2.05) is 0 Å². The second kappa shape index (κ2) is 6.78. The smallest absolute Gasteiger partial charge is 0.318 e. The van der Waals surface area contributed by atoms with Crippen molar-refractivity contribution in [2.24, 2.45) is 5.73 Å². The molecule has 0 bridgehead atoms. The lowest BCUT2D eigenvalue weighted by molar-refractivity contribution is 0.152. The molecular formula is C14H26N4O. The Morgan fingerprint density at radius 3 is 1.74 bits per heavy atom. The van der Waals surface area contributed by atoms with Crippen LogP contribution in [0.1, 0.15) is 64.2 Å². The van der Waals surface area contributed by atoms with Gasteiger partial charge in [0.2, 0.25) is 0 Å². The van der Waals surface area contributed by atoms with Crippen molar-refractivity contribution < 1.29 is 4.79 Å². The molecule has 5 nitrogen and oxygen atoms in total. The van der Waals surface area contributed by atoms with Crippen molar-refractivity contribution in [3.8, 4) is 0 Å². The summed E-state index contributed by atoms with van der Waals surface area (Å²) in [5.41, 5.74) is 5.17. The van der Waals surface area contributed by atoms with E-state index in [1.165, 1.54) is 38.5 Å². The predicted molar refractivity (Wildman–Crippen MR) is 76.0 cm³/mol. The van der Waals surface area contributed by atoms with Crippen LogP contribution in [0.5, 0.6) is 0 Å². The molecule has 4 N–H and O–H groups in total. The molecule has 0 aromatic rings. The highest BCUT2D eigenvalue weighted by molar-refractivity contribution is 5.94. The van der Waals surface area contributed by atoms with E-state index in [2.05, 4.69) is 10.2 Å². The molecule has 2 aliphatic carbocycles. The zero-order chi connectivity index (χ0) is 13.7. The third-order valence-electron chi connectivity index (χ3n) is 4.44. The van der Waals surface area contributed by atoms with Crippen molar-refractivity contribution >= 4 is 12.0 Å². The van der Waals surface area contributed by atoms with E-state index in [4.69, 9.17) is 11.1 Å².